The molecular weight excluding hydrogens is 340 g/mol. The van der Waals surface area contributed by atoms with Crippen LogP contribution in [0.1, 0.15) is 19.3 Å². The quantitative estimate of drug-likeness (QED) is 0.747. The molecule has 25 heavy (non-hydrogen) atoms. The van der Waals surface area contributed by atoms with Gasteiger partial charge in [-0.3, -0.25) is 0 Å². The number of piperidine rings is 1. The molecule has 4 rings (SSSR count). The Bertz CT molecular complexity index is 901. The van der Waals surface area contributed by atoms with Crippen molar-refractivity contribution in [2.75, 3.05) is 6.54 Å². The third-order valence-corrected chi connectivity index (χ3v) is 4.69. The van der Waals surface area contributed by atoms with E-state index in [1.807, 2.05) is 24.5 Å². The van der Waals surface area contributed by atoms with Crippen LogP contribution in [-0.4, -0.2) is 32.5 Å². The molecule has 130 valence electrons. The third kappa shape index (κ3) is 3.27. The Kier molecular flexibility index (Phi) is 4.46. The number of fused-ring (bicyclic) bond motifs is 1. The summed E-state index contributed by atoms with van der Waals surface area (Å²) in [5.41, 5.74) is 4.37. The van der Waals surface area contributed by atoms with Gasteiger partial charge in [-0.1, -0.05) is 22.8 Å². The Morgan fingerprint density at radius 1 is 1.44 bits per heavy atom. The standard InChI is InChI=1S/C18H19ClN4O2/c19-12-9-13(14-5-8-25-22-14)18-16(10-12)21-11-23(18)7-2-3-15-17(24)4-1-6-20-15/h3,5,8-11,17,20,24H,1-2,4,6-7H2/b15-3+/t17-/m0/s1. The number of benzene rings is 1. The highest BCUT2D eigenvalue weighted by molar-refractivity contribution is 6.31. The monoisotopic (exact) mass is 358 g/mol. The van der Waals surface area contributed by atoms with Crippen molar-refractivity contribution in [1.82, 2.24) is 20.0 Å². The van der Waals surface area contributed by atoms with Crippen molar-refractivity contribution in [2.45, 2.75) is 31.9 Å². The molecule has 1 saturated heterocycles. The smallest absolute Gasteiger partial charge is 0.124 e. The van der Waals surface area contributed by atoms with Crippen molar-refractivity contribution >= 4 is 22.6 Å². The maximum Gasteiger partial charge on any atom is 0.124 e. The number of imidazole rings is 1. The van der Waals surface area contributed by atoms with Crippen molar-refractivity contribution in [2.24, 2.45) is 0 Å². The fraction of sp³-hybridized carbons (Fsp3) is 0.333. The first-order valence-corrected chi connectivity index (χ1v) is 8.77. The molecule has 0 saturated carbocycles. The molecule has 1 aliphatic heterocycles. The van der Waals surface area contributed by atoms with Gasteiger partial charge < -0.3 is 19.5 Å². The van der Waals surface area contributed by atoms with Crippen LogP contribution < -0.4 is 5.32 Å². The summed E-state index contributed by atoms with van der Waals surface area (Å²) in [6.07, 6.45) is 7.68. The second-order valence-corrected chi connectivity index (χ2v) is 6.61. The van der Waals surface area contributed by atoms with Crippen molar-refractivity contribution < 1.29 is 9.63 Å². The molecular formula is C18H19ClN4O2. The summed E-state index contributed by atoms with van der Waals surface area (Å²) in [7, 11) is 0. The number of aromatic nitrogens is 3. The van der Waals surface area contributed by atoms with Crippen molar-refractivity contribution in [1.29, 1.82) is 0 Å². The summed E-state index contributed by atoms with van der Waals surface area (Å²) >= 11 is 6.22. The average molecular weight is 359 g/mol. The van der Waals surface area contributed by atoms with E-state index in [0.717, 1.165) is 60.3 Å². The molecule has 7 heteroatoms. The lowest BCUT2D eigenvalue weighted by Gasteiger charge is -2.22. The SMILES string of the molecule is O[C@H]1CCCN/C1=C/CCn1cnc2cc(Cl)cc(-c3ccon3)c21. The number of nitrogens with one attached hydrogen (secondary N) is 1. The van der Waals surface area contributed by atoms with E-state index in [9.17, 15) is 5.11 Å². The molecule has 2 N–H and O–H groups in total. The zero-order chi connectivity index (χ0) is 17.2. The summed E-state index contributed by atoms with van der Waals surface area (Å²) in [6, 6.07) is 5.54. The van der Waals surface area contributed by atoms with Gasteiger partial charge in [0.2, 0.25) is 0 Å². The average Bonchev–Trinajstić information content (AvgIpc) is 3.26. The molecule has 0 radical (unpaired) electrons. The van der Waals surface area contributed by atoms with Crippen LogP contribution in [-0.2, 0) is 6.54 Å². The Morgan fingerprint density at radius 2 is 2.36 bits per heavy atom. The molecule has 6 nitrogen and oxygen atoms in total. The lowest BCUT2D eigenvalue weighted by Crippen LogP contribution is -2.31. The highest BCUT2D eigenvalue weighted by Crippen LogP contribution is 2.31. The van der Waals surface area contributed by atoms with Crippen LogP contribution in [0.2, 0.25) is 5.02 Å². The van der Waals surface area contributed by atoms with Crippen LogP contribution in [0.25, 0.3) is 22.3 Å². The largest absolute Gasteiger partial charge is 0.387 e. The molecule has 0 amide bonds. The van der Waals surface area contributed by atoms with Gasteiger partial charge in [0.1, 0.15) is 12.0 Å². The Labute approximate surface area is 150 Å². The van der Waals surface area contributed by atoms with Crippen LogP contribution >= 0.6 is 11.6 Å². The number of aryl methyl sites for hydroxylation is 1. The molecule has 1 aromatic carbocycles. The van der Waals surface area contributed by atoms with Gasteiger partial charge in [0.15, 0.2) is 0 Å². The first-order valence-electron chi connectivity index (χ1n) is 8.39. The number of allylic oxidation sites excluding steroid dienone is 1. The Morgan fingerprint density at radius 3 is 3.16 bits per heavy atom. The summed E-state index contributed by atoms with van der Waals surface area (Å²) in [5.74, 6) is 0. The Hall–Kier alpha value is -2.31. The van der Waals surface area contributed by atoms with Gasteiger partial charge in [0, 0.05) is 35.4 Å². The van der Waals surface area contributed by atoms with E-state index in [1.54, 1.807) is 6.26 Å². The molecule has 1 atom stereocenters. The van der Waals surface area contributed by atoms with Gasteiger partial charge in [0.25, 0.3) is 0 Å². The van der Waals surface area contributed by atoms with Crippen LogP contribution in [0.3, 0.4) is 0 Å². The van der Waals surface area contributed by atoms with E-state index < -0.39 is 0 Å². The van der Waals surface area contributed by atoms with Crippen molar-refractivity contribution in [3.8, 4) is 11.3 Å². The molecule has 0 bridgehead atoms. The lowest BCUT2D eigenvalue weighted by molar-refractivity contribution is 0.174. The zero-order valence-corrected chi connectivity index (χ0v) is 14.4. The first kappa shape index (κ1) is 16.2. The van der Waals surface area contributed by atoms with Gasteiger partial charge in [-0.2, -0.15) is 0 Å². The fourth-order valence-electron chi connectivity index (χ4n) is 3.26. The molecule has 3 aromatic rings. The number of aliphatic hydroxyl groups is 1. The molecule has 0 spiro atoms. The molecule has 0 aliphatic carbocycles. The van der Waals surface area contributed by atoms with E-state index in [0.29, 0.717) is 5.02 Å². The molecule has 3 heterocycles. The number of hydrogen-bond donors (Lipinski definition) is 2. The topological polar surface area (TPSA) is 76.1 Å². The maximum atomic E-state index is 10.0. The van der Waals surface area contributed by atoms with Crippen LogP contribution in [0.4, 0.5) is 0 Å². The molecule has 0 unspecified atom stereocenters. The van der Waals surface area contributed by atoms with Gasteiger partial charge in [-0.05, 0) is 31.4 Å². The highest BCUT2D eigenvalue weighted by Gasteiger charge is 2.16. The van der Waals surface area contributed by atoms with E-state index >= 15 is 0 Å². The fourth-order valence-corrected chi connectivity index (χ4v) is 3.47. The summed E-state index contributed by atoms with van der Waals surface area (Å²) in [5, 5.41) is 17.9. The normalized spacial score (nSPS) is 19.4. The number of hydrogen-bond acceptors (Lipinski definition) is 5. The highest BCUT2D eigenvalue weighted by atomic mass is 35.5. The van der Waals surface area contributed by atoms with Crippen LogP contribution in [0.5, 0.6) is 0 Å². The van der Waals surface area contributed by atoms with Crippen LogP contribution in [0.15, 0.2) is 47.1 Å². The van der Waals surface area contributed by atoms with E-state index in [1.165, 1.54) is 0 Å². The summed E-state index contributed by atoms with van der Waals surface area (Å²) < 4.78 is 7.06. The second-order valence-electron chi connectivity index (χ2n) is 6.18. The van der Waals surface area contributed by atoms with E-state index in [2.05, 4.69) is 26.1 Å². The number of halogens is 1. The molecule has 2 aromatic heterocycles. The van der Waals surface area contributed by atoms with Crippen molar-refractivity contribution in [3.05, 3.63) is 47.6 Å². The lowest BCUT2D eigenvalue weighted by atomic mass is 10.1. The number of nitrogens with zero attached hydrogens (tertiary/aromatic N) is 3. The van der Waals surface area contributed by atoms with E-state index in [-0.39, 0.29) is 6.10 Å². The van der Waals surface area contributed by atoms with Crippen molar-refractivity contribution in [3.63, 3.8) is 0 Å². The predicted molar refractivity (Wildman–Crippen MR) is 96.2 cm³/mol. The van der Waals surface area contributed by atoms with E-state index in [4.69, 9.17) is 16.1 Å². The Balaban J connectivity index is 1.63. The van der Waals surface area contributed by atoms with Crippen LogP contribution in [0, 0.1) is 0 Å². The first-order chi connectivity index (χ1) is 12.2. The van der Waals surface area contributed by atoms with Gasteiger partial charge in [0.05, 0.1) is 23.5 Å². The molecule has 1 fully saturated rings. The third-order valence-electron chi connectivity index (χ3n) is 4.47. The predicted octanol–water partition coefficient (Wildman–Crippen LogP) is 3.36. The number of aliphatic hydroxyl groups excluding tert-OH is 1. The minimum atomic E-state index is -0.377. The number of rotatable bonds is 4. The second kappa shape index (κ2) is 6.90. The van der Waals surface area contributed by atoms with Gasteiger partial charge in [-0.25, -0.2) is 4.98 Å². The minimum absolute atomic E-state index is 0.377. The minimum Gasteiger partial charge on any atom is -0.387 e. The summed E-state index contributed by atoms with van der Waals surface area (Å²) in [4.78, 5) is 4.46. The summed E-state index contributed by atoms with van der Waals surface area (Å²) in [6.45, 7) is 1.67. The molecule has 1 aliphatic rings. The van der Waals surface area contributed by atoms with Gasteiger partial charge >= 0.3 is 0 Å². The maximum absolute atomic E-state index is 10.0. The van der Waals surface area contributed by atoms with Gasteiger partial charge in [-0.15, -0.1) is 0 Å². The zero-order valence-electron chi connectivity index (χ0n) is 13.7.